The molecule has 0 spiro atoms. The quantitative estimate of drug-likeness (QED) is 0.719. The van der Waals surface area contributed by atoms with E-state index in [9.17, 15) is 0 Å². The molecule has 21 heavy (non-hydrogen) atoms. The summed E-state index contributed by atoms with van der Waals surface area (Å²) in [6, 6.07) is 17.2. The van der Waals surface area contributed by atoms with E-state index in [0.29, 0.717) is 12.0 Å². The third kappa shape index (κ3) is 5.46. The second-order valence-electron chi connectivity index (χ2n) is 5.65. The minimum atomic E-state index is 0.443. The molecule has 0 saturated carbocycles. The molecule has 2 aromatic rings. The van der Waals surface area contributed by atoms with Gasteiger partial charge in [-0.1, -0.05) is 65.6 Å². The molecule has 0 amide bonds. The van der Waals surface area contributed by atoms with Crippen LogP contribution in [0, 0.1) is 0 Å². The van der Waals surface area contributed by atoms with E-state index < -0.39 is 0 Å². The van der Waals surface area contributed by atoms with Crippen LogP contribution in [0.4, 0.5) is 0 Å². The van der Waals surface area contributed by atoms with Gasteiger partial charge in [-0.25, -0.2) is 0 Å². The van der Waals surface area contributed by atoms with Crippen molar-refractivity contribution in [2.45, 2.75) is 32.2 Å². The largest absolute Gasteiger partial charge is 0.314 e. The SMILES string of the molecule is CC(C)NCC(Cc1cccc(Br)c1)c1ccc(Cl)cc1. The van der Waals surface area contributed by atoms with Crippen molar-refractivity contribution in [2.75, 3.05) is 6.54 Å². The van der Waals surface area contributed by atoms with Gasteiger partial charge in [-0.3, -0.25) is 0 Å². The van der Waals surface area contributed by atoms with E-state index in [1.165, 1.54) is 11.1 Å². The van der Waals surface area contributed by atoms with Gasteiger partial charge in [0.25, 0.3) is 0 Å². The number of rotatable bonds is 6. The Morgan fingerprint density at radius 1 is 1.10 bits per heavy atom. The van der Waals surface area contributed by atoms with Gasteiger partial charge in [0, 0.05) is 28.0 Å². The van der Waals surface area contributed by atoms with Crippen molar-refractivity contribution >= 4 is 27.5 Å². The molecular formula is C18H21BrClN. The van der Waals surface area contributed by atoms with Crippen LogP contribution in [0.5, 0.6) is 0 Å². The van der Waals surface area contributed by atoms with Gasteiger partial charge in [0.2, 0.25) is 0 Å². The Bertz CT molecular complexity index is 566. The zero-order valence-corrected chi connectivity index (χ0v) is 14.8. The van der Waals surface area contributed by atoms with Crippen LogP contribution in [0.3, 0.4) is 0 Å². The summed E-state index contributed by atoms with van der Waals surface area (Å²) in [6.07, 6.45) is 1.01. The first-order chi connectivity index (χ1) is 10.0. The van der Waals surface area contributed by atoms with Crippen molar-refractivity contribution in [1.82, 2.24) is 5.32 Å². The summed E-state index contributed by atoms with van der Waals surface area (Å²) in [4.78, 5) is 0. The second-order valence-corrected chi connectivity index (χ2v) is 7.00. The van der Waals surface area contributed by atoms with E-state index in [1.807, 2.05) is 12.1 Å². The van der Waals surface area contributed by atoms with Gasteiger partial charge in [0.15, 0.2) is 0 Å². The van der Waals surface area contributed by atoms with Gasteiger partial charge in [0.1, 0.15) is 0 Å². The topological polar surface area (TPSA) is 12.0 Å². The highest BCUT2D eigenvalue weighted by Gasteiger charge is 2.13. The molecule has 0 heterocycles. The molecule has 0 aliphatic heterocycles. The number of hydrogen-bond acceptors (Lipinski definition) is 1. The van der Waals surface area contributed by atoms with E-state index >= 15 is 0 Å². The van der Waals surface area contributed by atoms with Gasteiger partial charge >= 0.3 is 0 Å². The fourth-order valence-electron chi connectivity index (χ4n) is 2.37. The Labute approximate surface area is 140 Å². The summed E-state index contributed by atoms with van der Waals surface area (Å²) >= 11 is 9.55. The van der Waals surface area contributed by atoms with Gasteiger partial charge < -0.3 is 5.32 Å². The van der Waals surface area contributed by atoms with Gasteiger partial charge in [-0.2, -0.15) is 0 Å². The van der Waals surface area contributed by atoms with Crippen molar-refractivity contribution < 1.29 is 0 Å². The van der Waals surface area contributed by atoms with Crippen molar-refractivity contribution in [3.05, 3.63) is 69.2 Å². The zero-order valence-electron chi connectivity index (χ0n) is 12.4. The standard InChI is InChI=1S/C18H21BrClN/c1-13(2)21-12-16(15-6-8-18(20)9-7-15)10-14-4-3-5-17(19)11-14/h3-9,11,13,16,21H,10,12H2,1-2H3. The summed E-state index contributed by atoms with van der Waals surface area (Å²) in [5, 5.41) is 4.34. The molecule has 0 aromatic heterocycles. The average Bonchev–Trinajstić information content (AvgIpc) is 2.44. The third-order valence-electron chi connectivity index (χ3n) is 3.49. The minimum Gasteiger partial charge on any atom is -0.314 e. The normalized spacial score (nSPS) is 12.6. The zero-order chi connectivity index (χ0) is 15.2. The van der Waals surface area contributed by atoms with Gasteiger partial charge in [0.05, 0.1) is 0 Å². The average molecular weight is 367 g/mol. The van der Waals surface area contributed by atoms with Crippen LogP contribution in [0.25, 0.3) is 0 Å². The highest BCUT2D eigenvalue weighted by atomic mass is 79.9. The molecule has 1 unspecified atom stereocenters. The summed E-state index contributed by atoms with van der Waals surface area (Å²) < 4.78 is 1.13. The monoisotopic (exact) mass is 365 g/mol. The molecule has 1 nitrogen and oxygen atoms in total. The Morgan fingerprint density at radius 3 is 2.43 bits per heavy atom. The first-order valence-corrected chi connectivity index (χ1v) is 8.45. The first-order valence-electron chi connectivity index (χ1n) is 7.28. The molecule has 1 atom stereocenters. The Morgan fingerprint density at radius 2 is 1.81 bits per heavy atom. The lowest BCUT2D eigenvalue weighted by atomic mass is 9.91. The van der Waals surface area contributed by atoms with E-state index in [4.69, 9.17) is 11.6 Å². The molecule has 112 valence electrons. The summed E-state index contributed by atoms with van der Waals surface area (Å²) in [6.45, 7) is 5.32. The molecule has 0 aliphatic carbocycles. The molecule has 1 N–H and O–H groups in total. The van der Waals surface area contributed by atoms with E-state index in [2.05, 4.69) is 71.5 Å². The highest BCUT2D eigenvalue weighted by Crippen LogP contribution is 2.24. The highest BCUT2D eigenvalue weighted by molar-refractivity contribution is 9.10. The van der Waals surface area contributed by atoms with Crippen LogP contribution in [0.1, 0.15) is 30.9 Å². The Balaban J connectivity index is 2.17. The van der Waals surface area contributed by atoms with Crippen molar-refractivity contribution in [3.8, 4) is 0 Å². The predicted octanol–water partition coefficient (Wildman–Crippen LogP) is 5.43. The number of benzene rings is 2. The van der Waals surface area contributed by atoms with Crippen molar-refractivity contribution in [1.29, 1.82) is 0 Å². The maximum Gasteiger partial charge on any atom is 0.0406 e. The van der Waals surface area contributed by atoms with Crippen LogP contribution < -0.4 is 5.32 Å². The van der Waals surface area contributed by atoms with Crippen LogP contribution in [-0.4, -0.2) is 12.6 Å². The molecule has 0 radical (unpaired) electrons. The summed E-state index contributed by atoms with van der Waals surface area (Å²) in [7, 11) is 0. The Kier molecular flexibility index (Phi) is 6.28. The fraction of sp³-hybridized carbons (Fsp3) is 0.333. The van der Waals surface area contributed by atoms with Crippen LogP contribution in [0.15, 0.2) is 53.0 Å². The van der Waals surface area contributed by atoms with Crippen molar-refractivity contribution in [2.24, 2.45) is 0 Å². The number of hydrogen-bond donors (Lipinski definition) is 1. The summed E-state index contributed by atoms with van der Waals surface area (Å²) in [5.74, 6) is 0.443. The second kappa shape index (κ2) is 7.98. The molecule has 2 rings (SSSR count). The smallest absolute Gasteiger partial charge is 0.0406 e. The lowest BCUT2D eigenvalue weighted by Crippen LogP contribution is -2.28. The van der Waals surface area contributed by atoms with Crippen LogP contribution in [0.2, 0.25) is 5.02 Å². The first kappa shape index (κ1) is 16.5. The van der Waals surface area contributed by atoms with Crippen molar-refractivity contribution in [3.63, 3.8) is 0 Å². The summed E-state index contributed by atoms with van der Waals surface area (Å²) in [5.41, 5.74) is 2.67. The Hall–Kier alpha value is -0.830. The maximum absolute atomic E-state index is 6.00. The molecule has 0 saturated heterocycles. The number of nitrogens with one attached hydrogen (secondary N) is 1. The molecule has 0 aliphatic rings. The fourth-order valence-corrected chi connectivity index (χ4v) is 2.94. The van der Waals surface area contributed by atoms with Gasteiger partial charge in [-0.15, -0.1) is 0 Å². The lowest BCUT2D eigenvalue weighted by molar-refractivity contribution is 0.527. The molecule has 3 heteroatoms. The van der Waals surface area contributed by atoms with Gasteiger partial charge in [-0.05, 0) is 41.8 Å². The van der Waals surface area contributed by atoms with E-state index in [-0.39, 0.29) is 0 Å². The van der Waals surface area contributed by atoms with Crippen LogP contribution in [-0.2, 0) is 6.42 Å². The number of halogens is 2. The minimum absolute atomic E-state index is 0.443. The molecular weight excluding hydrogens is 346 g/mol. The molecule has 0 bridgehead atoms. The van der Waals surface area contributed by atoms with E-state index in [1.54, 1.807) is 0 Å². The third-order valence-corrected chi connectivity index (χ3v) is 4.23. The predicted molar refractivity (Wildman–Crippen MR) is 95.2 cm³/mol. The van der Waals surface area contributed by atoms with E-state index in [0.717, 1.165) is 22.5 Å². The maximum atomic E-state index is 6.00. The lowest BCUT2D eigenvalue weighted by Gasteiger charge is -2.20. The molecule has 2 aromatic carbocycles. The molecule has 0 fully saturated rings. The van der Waals surface area contributed by atoms with Crippen LogP contribution >= 0.6 is 27.5 Å².